The van der Waals surface area contributed by atoms with Crippen LogP contribution in [0.2, 0.25) is 0 Å². The lowest BCUT2D eigenvalue weighted by Gasteiger charge is -2.02. The largest absolute Gasteiger partial charge is 0.484 e. The van der Waals surface area contributed by atoms with Crippen molar-refractivity contribution in [1.29, 1.82) is 0 Å². The van der Waals surface area contributed by atoms with Crippen molar-refractivity contribution in [2.24, 2.45) is 4.99 Å². The molecular weight excluding hydrogens is 308 g/mol. The van der Waals surface area contributed by atoms with Gasteiger partial charge < -0.3 is 9.26 Å². The van der Waals surface area contributed by atoms with Crippen molar-refractivity contribution in [2.75, 3.05) is 7.11 Å². The predicted octanol–water partition coefficient (Wildman–Crippen LogP) is 4.50. The minimum absolute atomic E-state index is 0.657. The molecule has 4 nitrogen and oxygen atoms in total. The van der Waals surface area contributed by atoms with E-state index >= 15 is 0 Å². The normalized spacial score (nSPS) is 11.7. The highest BCUT2D eigenvalue weighted by Crippen LogP contribution is 2.34. The zero-order valence-corrected chi connectivity index (χ0v) is 12.7. The summed E-state index contributed by atoms with van der Waals surface area (Å²) in [6.07, 6.45) is 0.723. The van der Waals surface area contributed by atoms with Crippen molar-refractivity contribution < 1.29 is 9.26 Å². The van der Waals surface area contributed by atoms with Gasteiger partial charge in [0.25, 0.3) is 0 Å². The van der Waals surface area contributed by atoms with Gasteiger partial charge in [0.15, 0.2) is 11.7 Å². The molecule has 1 aromatic carbocycles. The minimum Gasteiger partial charge on any atom is -0.484 e. The number of rotatable bonds is 3. The molecule has 0 saturated heterocycles. The summed E-state index contributed by atoms with van der Waals surface area (Å²) in [6, 6.07) is 7.83. The number of hydrogen-bond donors (Lipinski definition) is 0. The quantitative estimate of drug-likeness (QED) is 0.617. The second-order valence-corrected chi connectivity index (χ2v) is 4.93. The van der Waals surface area contributed by atoms with Crippen LogP contribution in [0.25, 0.3) is 11.3 Å². The number of aliphatic imine (C=N–C) groups is 1. The second kappa shape index (κ2) is 6.02. The molecule has 0 bridgehead atoms. The Bertz CT molecular complexity index is 582. The van der Waals surface area contributed by atoms with Crippen LogP contribution in [0.4, 0.5) is 5.69 Å². The van der Waals surface area contributed by atoms with E-state index in [4.69, 9.17) is 9.26 Å². The van der Waals surface area contributed by atoms with E-state index in [2.05, 4.69) is 26.1 Å². The third-order valence-electron chi connectivity index (χ3n) is 2.71. The molecule has 19 heavy (non-hydrogen) atoms. The number of hydrogen-bond acceptors (Lipinski definition) is 4. The summed E-state index contributed by atoms with van der Waals surface area (Å²) in [4.78, 5) is 4.48. The van der Waals surface area contributed by atoms with Gasteiger partial charge in [0.05, 0.1) is 7.11 Å². The Kier molecular flexibility index (Phi) is 4.37. The maximum absolute atomic E-state index is 5.38. The Balaban J connectivity index is 2.48. The first-order valence-electron chi connectivity index (χ1n) is 5.99. The third kappa shape index (κ3) is 3.04. The standard InChI is InChI=1S/C14H15BrN2O2/c1-4-12(18-3)16-13-9(2)17-19-14(13)10-5-7-11(15)8-6-10/h5-8H,4H2,1-3H3. The highest BCUT2D eigenvalue weighted by atomic mass is 79.9. The second-order valence-electron chi connectivity index (χ2n) is 4.02. The molecule has 0 atom stereocenters. The number of methoxy groups -OCH3 is 1. The van der Waals surface area contributed by atoms with E-state index in [0.29, 0.717) is 11.7 Å². The number of aromatic nitrogens is 1. The molecule has 100 valence electrons. The third-order valence-corrected chi connectivity index (χ3v) is 3.24. The molecular formula is C14H15BrN2O2. The summed E-state index contributed by atoms with van der Waals surface area (Å²) < 4.78 is 11.6. The number of benzene rings is 1. The molecule has 0 saturated carbocycles. The van der Waals surface area contributed by atoms with Crippen LogP contribution in [-0.2, 0) is 4.74 Å². The Morgan fingerprint density at radius 2 is 2.05 bits per heavy atom. The van der Waals surface area contributed by atoms with Crippen LogP contribution < -0.4 is 0 Å². The maximum atomic E-state index is 5.38. The van der Waals surface area contributed by atoms with Gasteiger partial charge in [-0.25, -0.2) is 4.99 Å². The average Bonchev–Trinajstić information content (AvgIpc) is 2.78. The van der Waals surface area contributed by atoms with Gasteiger partial charge >= 0.3 is 0 Å². The molecule has 0 fully saturated rings. The van der Waals surface area contributed by atoms with Gasteiger partial charge in [0.1, 0.15) is 11.4 Å². The number of ether oxygens (including phenoxy) is 1. The maximum Gasteiger partial charge on any atom is 0.192 e. The van der Waals surface area contributed by atoms with Crippen molar-refractivity contribution in [2.45, 2.75) is 20.3 Å². The van der Waals surface area contributed by atoms with E-state index in [1.165, 1.54) is 0 Å². The molecule has 2 rings (SSSR count). The van der Waals surface area contributed by atoms with Crippen molar-refractivity contribution >= 4 is 27.5 Å². The number of aryl methyl sites for hydroxylation is 1. The Morgan fingerprint density at radius 3 is 2.63 bits per heavy atom. The van der Waals surface area contributed by atoms with Crippen LogP contribution in [-0.4, -0.2) is 18.2 Å². The van der Waals surface area contributed by atoms with E-state index in [-0.39, 0.29) is 0 Å². The SMILES string of the molecule is CCC(=Nc1c(C)noc1-c1ccc(Br)cc1)OC. The van der Waals surface area contributed by atoms with E-state index in [9.17, 15) is 0 Å². The van der Waals surface area contributed by atoms with Crippen LogP contribution in [0.5, 0.6) is 0 Å². The lowest BCUT2D eigenvalue weighted by atomic mass is 10.1. The zero-order chi connectivity index (χ0) is 13.8. The van der Waals surface area contributed by atoms with Gasteiger partial charge in [0, 0.05) is 16.5 Å². The summed E-state index contributed by atoms with van der Waals surface area (Å²) >= 11 is 3.41. The van der Waals surface area contributed by atoms with Gasteiger partial charge in [0.2, 0.25) is 0 Å². The molecule has 0 unspecified atom stereocenters. The molecule has 5 heteroatoms. The fraction of sp³-hybridized carbons (Fsp3) is 0.286. The van der Waals surface area contributed by atoms with Gasteiger partial charge in [-0.05, 0) is 31.2 Å². The lowest BCUT2D eigenvalue weighted by molar-refractivity contribution is 0.392. The molecule has 0 N–H and O–H groups in total. The fourth-order valence-electron chi connectivity index (χ4n) is 1.68. The summed E-state index contributed by atoms with van der Waals surface area (Å²) in [6.45, 7) is 3.86. The summed E-state index contributed by atoms with van der Waals surface area (Å²) in [5.41, 5.74) is 2.41. The Morgan fingerprint density at radius 1 is 1.37 bits per heavy atom. The van der Waals surface area contributed by atoms with Crippen molar-refractivity contribution in [3.63, 3.8) is 0 Å². The zero-order valence-electron chi connectivity index (χ0n) is 11.1. The van der Waals surface area contributed by atoms with Gasteiger partial charge in [-0.2, -0.15) is 0 Å². The summed E-state index contributed by atoms with van der Waals surface area (Å²) in [5.74, 6) is 1.32. The topological polar surface area (TPSA) is 47.6 Å². The Hall–Kier alpha value is -1.62. The van der Waals surface area contributed by atoms with Crippen LogP contribution in [0, 0.1) is 6.92 Å². The van der Waals surface area contributed by atoms with Gasteiger partial charge in [-0.3, -0.25) is 0 Å². The summed E-state index contributed by atoms with van der Waals surface area (Å²) in [5, 5.41) is 3.99. The van der Waals surface area contributed by atoms with Crippen LogP contribution in [0.15, 0.2) is 38.3 Å². The predicted molar refractivity (Wildman–Crippen MR) is 78.8 cm³/mol. The first-order chi connectivity index (χ1) is 9.15. The molecule has 2 aromatic rings. The highest BCUT2D eigenvalue weighted by Gasteiger charge is 2.15. The molecule has 1 aromatic heterocycles. The lowest BCUT2D eigenvalue weighted by Crippen LogP contribution is -1.97. The van der Waals surface area contributed by atoms with Crippen LogP contribution >= 0.6 is 15.9 Å². The minimum atomic E-state index is 0.657. The average molecular weight is 323 g/mol. The van der Waals surface area contributed by atoms with Gasteiger partial charge in [-0.1, -0.05) is 28.0 Å². The van der Waals surface area contributed by atoms with Crippen LogP contribution in [0.1, 0.15) is 19.0 Å². The van der Waals surface area contributed by atoms with E-state index in [1.54, 1.807) is 7.11 Å². The first kappa shape index (κ1) is 13.8. The molecule has 1 heterocycles. The van der Waals surface area contributed by atoms with Crippen molar-refractivity contribution in [3.8, 4) is 11.3 Å². The fourth-order valence-corrected chi connectivity index (χ4v) is 1.95. The molecule has 0 aliphatic heterocycles. The highest BCUT2D eigenvalue weighted by molar-refractivity contribution is 9.10. The van der Waals surface area contributed by atoms with Crippen molar-refractivity contribution in [1.82, 2.24) is 5.16 Å². The van der Waals surface area contributed by atoms with Crippen LogP contribution in [0.3, 0.4) is 0 Å². The molecule has 0 aliphatic carbocycles. The van der Waals surface area contributed by atoms with Gasteiger partial charge in [-0.15, -0.1) is 0 Å². The smallest absolute Gasteiger partial charge is 0.192 e. The Labute approximate surface area is 120 Å². The van der Waals surface area contributed by atoms with Crippen molar-refractivity contribution in [3.05, 3.63) is 34.4 Å². The molecule has 0 spiro atoms. The van der Waals surface area contributed by atoms with E-state index < -0.39 is 0 Å². The first-order valence-corrected chi connectivity index (χ1v) is 6.78. The molecule has 0 aliphatic rings. The molecule has 0 amide bonds. The number of halogens is 1. The molecule has 0 radical (unpaired) electrons. The summed E-state index contributed by atoms with van der Waals surface area (Å²) in [7, 11) is 1.62. The van der Waals surface area contributed by atoms with E-state index in [0.717, 1.165) is 27.8 Å². The van der Waals surface area contributed by atoms with E-state index in [1.807, 2.05) is 38.1 Å². The number of nitrogens with zero attached hydrogens (tertiary/aromatic N) is 2. The monoisotopic (exact) mass is 322 g/mol.